The first-order chi connectivity index (χ1) is 9.17. The van der Waals surface area contributed by atoms with Crippen LogP contribution in [0.25, 0.3) is 5.53 Å². The lowest BCUT2D eigenvalue weighted by Gasteiger charge is -2.35. The zero-order valence-corrected chi connectivity index (χ0v) is 11.3. The molecule has 0 spiro atoms. The Labute approximate surface area is 113 Å². The van der Waals surface area contributed by atoms with Crippen molar-refractivity contribution in [3.63, 3.8) is 0 Å². The van der Waals surface area contributed by atoms with E-state index in [1.807, 2.05) is 25.1 Å². The van der Waals surface area contributed by atoms with E-state index in [0.29, 0.717) is 6.42 Å². The smallest absolute Gasteiger partial charge is 0.324 e. The van der Waals surface area contributed by atoms with E-state index >= 15 is 0 Å². The molecule has 0 saturated carbocycles. The molecule has 0 aromatic heterocycles. The minimum Gasteiger partial charge on any atom is -0.497 e. The number of carbonyl (C=O) groups is 1. The Morgan fingerprint density at radius 1 is 1.58 bits per heavy atom. The Bertz CT molecular complexity index is 547. The number of benzene rings is 1. The van der Waals surface area contributed by atoms with Crippen LogP contribution < -0.4 is 4.74 Å². The van der Waals surface area contributed by atoms with Crippen LogP contribution >= 0.6 is 0 Å². The number of carbonyl (C=O) groups excluding carboxylic acids is 1. The van der Waals surface area contributed by atoms with Crippen molar-refractivity contribution in [1.29, 1.82) is 0 Å². The van der Waals surface area contributed by atoms with Crippen LogP contribution in [-0.2, 0) is 16.6 Å². The van der Waals surface area contributed by atoms with Crippen LogP contribution in [0, 0.1) is 0 Å². The van der Waals surface area contributed by atoms with Crippen molar-refractivity contribution < 1.29 is 14.3 Å². The number of Topliss-reactive ketones (excluding diaryl/α,β-unsaturated/α-hetero) is 1. The fraction of sp³-hybridized carbons (Fsp3) is 0.467. The Morgan fingerprint density at radius 2 is 2.37 bits per heavy atom. The second kappa shape index (κ2) is 5.37. The molecule has 0 aliphatic heterocycles. The van der Waals surface area contributed by atoms with Crippen molar-refractivity contribution in [1.82, 2.24) is 0 Å². The molecule has 0 saturated heterocycles. The van der Waals surface area contributed by atoms with Crippen LogP contribution in [0.5, 0.6) is 5.75 Å². The molecule has 4 nitrogen and oxygen atoms in total. The number of hydrogen-bond donors (Lipinski definition) is 0. The Morgan fingerprint density at radius 3 is 3.00 bits per heavy atom. The van der Waals surface area contributed by atoms with Gasteiger partial charge in [-0.2, -0.15) is 4.79 Å². The molecule has 1 unspecified atom stereocenters. The van der Waals surface area contributed by atoms with E-state index in [-0.39, 0.29) is 5.78 Å². The molecular weight excluding hydrogens is 240 g/mol. The topological polar surface area (TPSA) is 62.7 Å². The molecule has 4 heteroatoms. The summed E-state index contributed by atoms with van der Waals surface area (Å²) in [5.74, 6) is 0.692. The highest BCUT2D eigenvalue weighted by Gasteiger charge is 2.42. The van der Waals surface area contributed by atoms with Gasteiger partial charge in [0.15, 0.2) is 0 Å². The van der Waals surface area contributed by atoms with Gasteiger partial charge in [0.1, 0.15) is 5.75 Å². The molecule has 1 aromatic rings. The first-order valence-electron chi connectivity index (χ1n) is 6.57. The Kier molecular flexibility index (Phi) is 3.82. The van der Waals surface area contributed by atoms with E-state index in [2.05, 4.69) is 4.79 Å². The van der Waals surface area contributed by atoms with Gasteiger partial charge in [-0.25, -0.2) is 0 Å². The van der Waals surface area contributed by atoms with Crippen LogP contribution in [0.4, 0.5) is 0 Å². The van der Waals surface area contributed by atoms with Gasteiger partial charge in [-0.05, 0) is 48.9 Å². The zero-order chi connectivity index (χ0) is 13.9. The van der Waals surface area contributed by atoms with E-state index < -0.39 is 5.41 Å². The second-order valence-electron chi connectivity index (χ2n) is 4.92. The predicted molar refractivity (Wildman–Crippen MR) is 72.6 cm³/mol. The van der Waals surface area contributed by atoms with Gasteiger partial charge >= 0.3 is 6.21 Å². The van der Waals surface area contributed by atoms with Crippen molar-refractivity contribution >= 4 is 12.0 Å². The van der Waals surface area contributed by atoms with E-state index in [9.17, 15) is 4.79 Å². The average Bonchev–Trinajstić information content (AvgIpc) is 2.46. The highest BCUT2D eigenvalue weighted by Crippen LogP contribution is 2.41. The molecule has 0 heterocycles. The molecule has 1 aliphatic rings. The number of ketones is 1. The third-order valence-corrected chi connectivity index (χ3v) is 4.13. The summed E-state index contributed by atoms with van der Waals surface area (Å²) in [6, 6.07) is 5.86. The van der Waals surface area contributed by atoms with E-state index in [0.717, 1.165) is 42.4 Å². The highest BCUT2D eigenvalue weighted by molar-refractivity contribution is 6.29. The van der Waals surface area contributed by atoms with Crippen LogP contribution in [-0.4, -0.2) is 23.9 Å². The maximum Gasteiger partial charge on any atom is 0.324 e. The zero-order valence-electron chi connectivity index (χ0n) is 11.3. The van der Waals surface area contributed by atoms with E-state index in [1.54, 1.807) is 7.11 Å². The molecule has 1 atom stereocenters. The van der Waals surface area contributed by atoms with Gasteiger partial charge < -0.3 is 10.3 Å². The van der Waals surface area contributed by atoms with Crippen molar-refractivity contribution in [2.24, 2.45) is 0 Å². The molecule has 0 bridgehead atoms. The lowest BCUT2D eigenvalue weighted by atomic mass is 9.66. The number of nitrogens with zero attached hydrogens (tertiary/aromatic N) is 2. The summed E-state index contributed by atoms with van der Waals surface area (Å²) in [5, 5.41) is 0. The molecule has 100 valence electrons. The van der Waals surface area contributed by atoms with Gasteiger partial charge in [-0.15, -0.1) is 0 Å². The summed E-state index contributed by atoms with van der Waals surface area (Å²) in [6.07, 6.45) is 4.45. The van der Waals surface area contributed by atoms with Crippen molar-refractivity contribution in [2.75, 3.05) is 7.11 Å². The molecule has 1 aromatic carbocycles. The standard InChI is InChI=1S/C15H18N2O2/c1-3-15(14(18)10-17-16)8-4-5-11-9-12(19-2)6-7-13(11)15/h6-7,9-10H,3-5,8H2,1-2H3. The minimum atomic E-state index is -0.550. The van der Waals surface area contributed by atoms with Gasteiger partial charge in [-0.1, -0.05) is 13.0 Å². The average molecular weight is 258 g/mol. The lowest BCUT2D eigenvalue weighted by molar-refractivity contribution is -0.122. The van der Waals surface area contributed by atoms with Crippen molar-refractivity contribution in [2.45, 2.75) is 38.0 Å². The van der Waals surface area contributed by atoms with Crippen LogP contribution in [0.15, 0.2) is 18.2 Å². The van der Waals surface area contributed by atoms with Gasteiger partial charge in [0.2, 0.25) is 5.78 Å². The number of ether oxygens (including phenoxy) is 1. The minimum absolute atomic E-state index is 0.122. The van der Waals surface area contributed by atoms with Crippen LogP contribution in [0.2, 0.25) is 0 Å². The first-order valence-corrected chi connectivity index (χ1v) is 6.57. The number of rotatable bonds is 4. The highest BCUT2D eigenvalue weighted by atomic mass is 16.5. The maximum absolute atomic E-state index is 12.3. The molecule has 1 aliphatic carbocycles. The number of hydrogen-bond acceptors (Lipinski definition) is 2. The lowest BCUT2D eigenvalue weighted by Crippen LogP contribution is -2.39. The molecular formula is C15H18N2O2. The van der Waals surface area contributed by atoms with Gasteiger partial charge in [0, 0.05) is 0 Å². The van der Waals surface area contributed by atoms with E-state index in [4.69, 9.17) is 10.3 Å². The second-order valence-corrected chi connectivity index (χ2v) is 4.92. The molecule has 19 heavy (non-hydrogen) atoms. The molecule has 0 amide bonds. The summed E-state index contributed by atoms with van der Waals surface area (Å²) in [6.45, 7) is 2.00. The third-order valence-electron chi connectivity index (χ3n) is 4.13. The van der Waals surface area contributed by atoms with Gasteiger partial charge in [0.05, 0.1) is 12.5 Å². The number of fused-ring (bicyclic) bond motifs is 1. The van der Waals surface area contributed by atoms with Gasteiger partial charge in [-0.3, -0.25) is 4.79 Å². The third kappa shape index (κ3) is 2.20. The fourth-order valence-corrected chi connectivity index (χ4v) is 3.06. The van der Waals surface area contributed by atoms with Crippen molar-refractivity contribution in [3.8, 4) is 5.75 Å². The summed E-state index contributed by atoms with van der Waals surface area (Å²) in [7, 11) is 1.64. The maximum atomic E-state index is 12.3. The molecule has 2 rings (SSSR count). The number of aryl methyl sites for hydroxylation is 1. The molecule has 0 fully saturated rings. The van der Waals surface area contributed by atoms with Crippen LogP contribution in [0.1, 0.15) is 37.3 Å². The summed E-state index contributed by atoms with van der Waals surface area (Å²) in [4.78, 5) is 15.2. The number of methoxy groups -OCH3 is 1. The van der Waals surface area contributed by atoms with Crippen molar-refractivity contribution in [3.05, 3.63) is 34.9 Å². The molecule has 0 N–H and O–H groups in total. The first kappa shape index (κ1) is 13.5. The van der Waals surface area contributed by atoms with Gasteiger partial charge in [0.25, 0.3) is 0 Å². The Balaban J connectivity index is 2.56. The summed E-state index contributed by atoms with van der Waals surface area (Å²) >= 11 is 0. The summed E-state index contributed by atoms with van der Waals surface area (Å²) < 4.78 is 5.24. The normalized spacial score (nSPS) is 21.2. The largest absolute Gasteiger partial charge is 0.497 e. The fourth-order valence-electron chi connectivity index (χ4n) is 3.06. The van der Waals surface area contributed by atoms with E-state index in [1.165, 1.54) is 0 Å². The SMILES string of the molecule is CCC1(C(=O)C=[N+]=[N-])CCCc2cc(OC)ccc21. The Hall–Kier alpha value is -1.93. The summed E-state index contributed by atoms with van der Waals surface area (Å²) in [5.41, 5.74) is 10.3. The quantitative estimate of drug-likeness (QED) is 0.473. The predicted octanol–water partition coefficient (Wildman–Crippen LogP) is 2.55. The van der Waals surface area contributed by atoms with Crippen LogP contribution in [0.3, 0.4) is 0 Å². The molecule has 0 radical (unpaired) electrons. The monoisotopic (exact) mass is 258 g/mol.